The minimum Gasteiger partial charge on any atom is -0.497 e. The van der Waals surface area contributed by atoms with Crippen molar-refractivity contribution in [2.24, 2.45) is 0 Å². The number of likely N-dealkylation sites (N-methyl/N-ethyl adjacent to an activating group) is 1. The molecule has 0 saturated carbocycles. The van der Waals surface area contributed by atoms with E-state index < -0.39 is 0 Å². The Labute approximate surface area is 116 Å². The zero-order valence-electron chi connectivity index (χ0n) is 12.3. The number of ether oxygens (including phenoxy) is 2. The van der Waals surface area contributed by atoms with Crippen molar-refractivity contribution in [1.29, 1.82) is 0 Å². The van der Waals surface area contributed by atoms with Crippen LogP contribution in [-0.2, 0) is 6.42 Å². The lowest BCUT2D eigenvalue weighted by atomic mass is 10.1. The molecule has 0 atom stereocenters. The molecule has 4 heteroatoms. The van der Waals surface area contributed by atoms with E-state index in [0.717, 1.165) is 50.5 Å². The molecule has 108 valence electrons. The lowest BCUT2D eigenvalue weighted by Crippen LogP contribution is -2.27. The molecule has 0 aliphatic heterocycles. The molecular weight excluding hydrogens is 240 g/mol. The van der Waals surface area contributed by atoms with E-state index in [9.17, 15) is 0 Å². The molecule has 0 fully saturated rings. The van der Waals surface area contributed by atoms with Crippen LogP contribution in [0.3, 0.4) is 0 Å². The van der Waals surface area contributed by atoms with Crippen LogP contribution in [0.1, 0.15) is 18.9 Å². The maximum Gasteiger partial charge on any atom is 0.122 e. The highest BCUT2D eigenvalue weighted by Gasteiger charge is 2.01. The molecule has 2 N–H and O–H groups in total. The van der Waals surface area contributed by atoms with E-state index in [1.54, 1.807) is 14.2 Å². The fourth-order valence-corrected chi connectivity index (χ4v) is 1.91. The quantitative estimate of drug-likeness (QED) is 0.634. The number of rotatable bonds is 10. The highest BCUT2D eigenvalue weighted by molar-refractivity contribution is 5.38. The van der Waals surface area contributed by atoms with Gasteiger partial charge in [-0.05, 0) is 43.6 Å². The Bertz CT molecular complexity index is 334. The number of benzene rings is 1. The van der Waals surface area contributed by atoms with Gasteiger partial charge in [-0.3, -0.25) is 0 Å². The molecule has 0 amide bonds. The van der Waals surface area contributed by atoms with Crippen molar-refractivity contribution >= 4 is 0 Å². The lowest BCUT2D eigenvalue weighted by molar-refractivity contribution is 0.393. The Morgan fingerprint density at radius 2 is 1.53 bits per heavy atom. The Kier molecular flexibility index (Phi) is 8.02. The molecule has 19 heavy (non-hydrogen) atoms. The van der Waals surface area contributed by atoms with E-state index in [-0.39, 0.29) is 0 Å². The number of nitrogens with one attached hydrogen (secondary N) is 2. The lowest BCUT2D eigenvalue weighted by Gasteiger charge is -2.09. The van der Waals surface area contributed by atoms with E-state index >= 15 is 0 Å². The van der Waals surface area contributed by atoms with Gasteiger partial charge in [0.15, 0.2) is 0 Å². The first-order valence-electron chi connectivity index (χ1n) is 6.93. The minimum absolute atomic E-state index is 0.856. The van der Waals surface area contributed by atoms with Crippen LogP contribution in [0.2, 0.25) is 0 Å². The molecule has 0 unspecified atom stereocenters. The molecule has 0 spiro atoms. The maximum absolute atomic E-state index is 5.27. The van der Waals surface area contributed by atoms with E-state index in [1.807, 2.05) is 6.07 Å². The largest absolute Gasteiger partial charge is 0.497 e. The first-order chi connectivity index (χ1) is 9.30. The average Bonchev–Trinajstić information content (AvgIpc) is 2.45. The summed E-state index contributed by atoms with van der Waals surface area (Å²) in [4.78, 5) is 0. The predicted octanol–water partition coefficient (Wildman–Crippen LogP) is 1.84. The standard InChI is InChI=1S/C15H26N2O2/c1-4-16-8-9-17-7-5-6-13-10-14(18-2)12-15(11-13)19-3/h10-12,16-17H,4-9H2,1-3H3. The molecule has 1 rings (SSSR count). The normalized spacial score (nSPS) is 10.5. The van der Waals surface area contributed by atoms with Gasteiger partial charge in [-0.1, -0.05) is 6.92 Å². The molecule has 0 saturated heterocycles. The van der Waals surface area contributed by atoms with E-state index in [2.05, 4.69) is 29.7 Å². The smallest absolute Gasteiger partial charge is 0.122 e. The third-order valence-electron chi connectivity index (χ3n) is 2.96. The van der Waals surface area contributed by atoms with Crippen LogP contribution in [0, 0.1) is 0 Å². The summed E-state index contributed by atoms with van der Waals surface area (Å²) in [5.74, 6) is 1.71. The van der Waals surface area contributed by atoms with Crippen molar-refractivity contribution in [1.82, 2.24) is 10.6 Å². The summed E-state index contributed by atoms with van der Waals surface area (Å²) in [5, 5.41) is 6.71. The van der Waals surface area contributed by atoms with Crippen molar-refractivity contribution in [2.75, 3.05) is 40.4 Å². The zero-order valence-corrected chi connectivity index (χ0v) is 12.3. The molecule has 0 radical (unpaired) electrons. The van der Waals surface area contributed by atoms with Crippen LogP contribution in [0.15, 0.2) is 18.2 Å². The molecule has 4 nitrogen and oxygen atoms in total. The first kappa shape index (κ1) is 15.8. The fraction of sp³-hybridized carbons (Fsp3) is 0.600. The van der Waals surface area contributed by atoms with Gasteiger partial charge >= 0.3 is 0 Å². The fourth-order valence-electron chi connectivity index (χ4n) is 1.91. The number of hydrogen-bond acceptors (Lipinski definition) is 4. The predicted molar refractivity (Wildman–Crippen MR) is 79.3 cm³/mol. The van der Waals surface area contributed by atoms with Gasteiger partial charge in [-0.25, -0.2) is 0 Å². The third kappa shape index (κ3) is 6.45. The van der Waals surface area contributed by atoms with Crippen LogP contribution in [0.25, 0.3) is 0 Å². The van der Waals surface area contributed by atoms with Gasteiger partial charge < -0.3 is 20.1 Å². The van der Waals surface area contributed by atoms with E-state index in [0.29, 0.717) is 0 Å². The highest BCUT2D eigenvalue weighted by Crippen LogP contribution is 2.23. The summed E-state index contributed by atoms with van der Waals surface area (Å²) in [5.41, 5.74) is 1.25. The monoisotopic (exact) mass is 266 g/mol. The average molecular weight is 266 g/mol. The molecule has 0 bridgehead atoms. The van der Waals surface area contributed by atoms with Crippen molar-refractivity contribution in [3.8, 4) is 11.5 Å². The van der Waals surface area contributed by atoms with E-state index in [4.69, 9.17) is 9.47 Å². The highest BCUT2D eigenvalue weighted by atomic mass is 16.5. The van der Waals surface area contributed by atoms with Crippen LogP contribution in [0.5, 0.6) is 11.5 Å². The second kappa shape index (κ2) is 9.64. The summed E-state index contributed by atoms with van der Waals surface area (Å²) >= 11 is 0. The third-order valence-corrected chi connectivity index (χ3v) is 2.96. The summed E-state index contributed by atoms with van der Waals surface area (Å²) in [6, 6.07) is 6.04. The molecule has 0 aliphatic carbocycles. The first-order valence-corrected chi connectivity index (χ1v) is 6.93. The summed E-state index contributed by atoms with van der Waals surface area (Å²) in [6.45, 7) is 6.24. The van der Waals surface area contributed by atoms with Crippen LogP contribution < -0.4 is 20.1 Å². The Morgan fingerprint density at radius 1 is 0.895 bits per heavy atom. The van der Waals surface area contributed by atoms with Crippen LogP contribution in [-0.4, -0.2) is 40.4 Å². The number of hydrogen-bond donors (Lipinski definition) is 2. The molecule has 1 aromatic rings. The molecule has 0 aliphatic rings. The SMILES string of the molecule is CCNCCNCCCc1cc(OC)cc(OC)c1. The number of methoxy groups -OCH3 is 2. The van der Waals surface area contributed by atoms with Crippen molar-refractivity contribution in [3.63, 3.8) is 0 Å². The van der Waals surface area contributed by atoms with Gasteiger partial charge in [-0.15, -0.1) is 0 Å². The van der Waals surface area contributed by atoms with Gasteiger partial charge in [0.1, 0.15) is 11.5 Å². The zero-order chi connectivity index (χ0) is 13.9. The maximum atomic E-state index is 5.27. The summed E-state index contributed by atoms with van der Waals surface area (Å²) in [7, 11) is 3.36. The Hall–Kier alpha value is -1.26. The molecule has 1 aromatic carbocycles. The second-order valence-electron chi connectivity index (χ2n) is 4.43. The Morgan fingerprint density at radius 3 is 2.11 bits per heavy atom. The summed E-state index contributed by atoms with van der Waals surface area (Å²) in [6.07, 6.45) is 2.14. The van der Waals surface area contributed by atoms with Gasteiger partial charge in [0, 0.05) is 19.2 Å². The van der Waals surface area contributed by atoms with Crippen LogP contribution in [0.4, 0.5) is 0 Å². The molecule has 0 aromatic heterocycles. The van der Waals surface area contributed by atoms with Gasteiger partial charge in [-0.2, -0.15) is 0 Å². The van der Waals surface area contributed by atoms with Gasteiger partial charge in [0.25, 0.3) is 0 Å². The molecule has 0 heterocycles. The van der Waals surface area contributed by atoms with E-state index in [1.165, 1.54) is 5.56 Å². The second-order valence-corrected chi connectivity index (χ2v) is 4.43. The minimum atomic E-state index is 0.856. The van der Waals surface area contributed by atoms with Crippen molar-refractivity contribution in [3.05, 3.63) is 23.8 Å². The van der Waals surface area contributed by atoms with Gasteiger partial charge in [0.05, 0.1) is 14.2 Å². The number of aryl methyl sites for hydroxylation is 1. The van der Waals surface area contributed by atoms with Crippen molar-refractivity contribution in [2.45, 2.75) is 19.8 Å². The van der Waals surface area contributed by atoms with Gasteiger partial charge in [0.2, 0.25) is 0 Å². The summed E-state index contributed by atoms with van der Waals surface area (Å²) < 4.78 is 10.5. The van der Waals surface area contributed by atoms with Crippen LogP contribution >= 0.6 is 0 Å². The Balaban J connectivity index is 2.28. The molecular formula is C15H26N2O2. The van der Waals surface area contributed by atoms with Crippen molar-refractivity contribution < 1.29 is 9.47 Å². The topological polar surface area (TPSA) is 42.5 Å².